The fourth-order valence-corrected chi connectivity index (χ4v) is 3.40. The fourth-order valence-electron chi connectivity index (χ4n) is 3.40. The van der Waals surface area contributed by atoms with Gasteiger partial charge in [0, 0.05) is 5.56 Å². The molecule has 31 heavy (non-hydrogen) atoms. The number of imidazole rings is 1. The summed E-state index contributed by atoms with van der Waals surface area (Å²) in [6.45, 7) is 6.35. The lowest BCUT2D eigenvalue weighted by molar-refractivity contribution is 0.0997. The molecule has 0 saturated heterocycles. The Morgan fingerprint density at radius 3 is 2.42 bits per heavy atom. The number of nitrogens with two attached hydrogens (primary N) is 1. The van der Waals surface area contributed by atoms with E-state index >= 15 is 0 Å². The molecule has 8 heteroatoms. The number of ether oxygens (including phenoxy) is 1. The Hall–Kier alpha value is -3.94. The normalized spacial score (nSPS) is 11.6. The minimum atomic E-state index is -0.756. The first-order valence-corrected chi connectivity index (χ1v) is 9.77. The van der Waals surface area contributed by atoms with Crippen LogP contribution in [0.4, 0.5) is 0 Å². The van der Waals surface area contributed by atoms with Crippen LogP contribution >= 0.6 is 0 Å². The first-order chi connectivity index (χ1) is 14.7. The topological polar surface area (TPSA) is 116 Å². The van der Waals surface area contributed by atoms with Crippen LogP contribution in [0, 0.1) is 0 Å². The smallest absolute Gasteiger partial charge is 0.332 e. The standard InChI is InChI=1S/C23H23N5O3/c1-23(2,3)14-8-10-15(11-9-14)28-21-18(26-22(28)30)17(19(24)29)25-20(27-21)13-6-5-7-16(12-13)31-4/h5-12H,1-4H3,(H2,24,29)(H,26,30). The molecule has 0 radical (unpaired) electrons. The number of fused-ring (bicyclic) bond motifs is 1. The van der Waals surface area contributed by atoms with E-state index in [2.05, 4.69) is 35.7 Å². The van der Waals surface area contributed by atoms with E-state index in [1.807, 2.05) is 24.3 Å². The van der Waals surface area contributed by atoms with E-state index in [0.717, 1.165) is 5.56 Å². The second-order valence-electron chi connectivity index (χ2n) is 8.25. The van der Waals surface area contributed by atoms with Crippen molar-refractivity contribution in [1.29, 1.82) is 0 Å². The molecule has 0 fully saturated rings. The third-order valence-corrected chi connectivity index (χ3v) is 5.09. The summed E-state index contributed by atoms with van der Waals surface area (Å²) in [6, 6.07) is 14.8. The average Bonchev–Trinajstić information content (AvgIpc) is 3.08. The van der Waals surface area contributed by atoms with Crippen molar-refractivity contribution < 1.29 is 9.53 Å². The van der Waals surface area contributed by atoms with Gasteiger partial charge in [-0.1, -0.05) is 45.0 Å². The third-order valence-electron chi connectivity index (χ3n) is 5.09. The van der Waals surface area contributed by atoms with Gasteiger partial charge < -0.3 is 15.5 Å². The van der Waals surface area contributed by atoms with Crippen LogP contribution < -0.4 is 16.2 Å². The summed E-state index contributed by atoms with van der Waals surface area (Å²) < 4.78 is 6.68. The Labute approximate surface area is 178 Å². The van der Waals surface area contributed by atoms with E-state index in [-0.39, 0.29) is 28.1 Å². The maximum Gasteiger partial charge on any atom is 0.332 e. The van der Waals surface area contributed by atoms with Crippen LogP contribution in [0.2, 0.25) is 0 Å². The van der Waals surface area contributed by atoms with Crippen molar-refractivity contribution in [3.8, 4) is 22.8 Å². The second kappa shape index (κ2) is 7.39. The van der Waals surface area contributed by atoms with E-state index in [0.29, 0.717) is 17.0 Å². The van der Waals surface area contributed by atoms with Gasteiger partial charge in [0.15, 0.2) is 17.2 Å². The number of amides is 1. The molecule has 2 heterocycles. The van der Waals surface area contributed by atoms with Crippen LogP contribution in [-0.2, 0) is 5.41 Å². The SMILES string of the molecule is COc1cccc(-c2nc(C(N)=O)c3[nH]c(=O)n(-c4ccc(C(C)(C)C)cc4)c3n2)c1. The molecule has 1 amide bonds. The number of nitrogens with zero attached hydrogens (tertiary/aromatic N) is 3. The highest BCUT2D eigenvalue weighted by Gasteiger charge is 2.21. The number of carbonyl (C=O) groups excluding carboxylic acids is 1. The maximum atomic E-state index is 12.8. The van der Waals surface area contributed by atoms with Crippen molar-refractivity contribution in [3.63, 3.8) is 0 Å². The van der Waals surface area contributed by atoms with Gasteiger partial charge in [0.05, 0.1) is 12.8 Å². The molecule has 0 saturated carbocycles. The molecule has 0 bridgehead atoms. The number of hydrogen-bond donors (Lipinski definition) is 2. The number of benzene rings is 2. The van der Waals surface area contributed by atoms with Gasteiger partial charge in [-0.25, -0.2) is 19.3 Å². The van der Waals surface area contributed by atoms with Crippen molar-refractivity contribution in [1.82, 2.24) is 19.5 Å². The van der Waals surface area contributed by atoms with Crippen LogP contribution in [-0.4, -0.2) is 32.5 Å². The molecular formula is C23H23N5O3. The quantitative estimate of drug-likeness (QED) is 0.529. The minimum absolute atomic E-state index is 0.0233. The number of primary amides is 1. The summed E-state index contributed by atoms with van der Waals surface area (Å²) in [5.41, 5.74) is 7.91. The molecule has 158 valence electrons. The van der Waals surface area contributed by atoms with Crippen LogP contribution in [0.1, 0.15) is 36.8 Å². The Kier molecular flexibility index (Phi) is 4.85. The Bertz CT molecular complexity index is 1340. The van der Waals surface area contributed by atoms with Gasteiger partial charge in [0.25, 0.3) is 5.91 Å². The van der Waals surface area contributed by atoms with Crippen molar-refractivity contribution in [2.45, 2.75) is 26.2 Å². The zero-order valence-electron chi connectivity index (χ0n) is 17.8. The zero-order valence-corrected chi connectivity index (χ0v) is 17.8. The first kappa shape index (κ1) is 20.3. The number of nitrogens with one attached hydrogen (secondary N) is 1. The highest BCUT2D eigenvalue weighted by Crippen LogP contribution is 2.26. The summed E-state index contributed by atoms with van der Waals surface area (Å²) in [4.78, 5) is 36.5. The van der Waals surface area contributed by atoms with Gasteiger partial charge in [-0.05, 0) is 35.2 Å². The largest absolute Gasteiger partial charge is 0.497 e. The number of hydrogen-bond acceptors (Lipinski definition) is 5. The molecule has 0 atom stereocenters. The monoisotopic (exact) mass is 417 g/mol. The fraction of sp³-hybridized carbons (Fsp3) is 0.217. The molecular weight excluding hydrogens is 394 g/mol. The highest BCUT2D eigenvalue weighted by atomic mass is 16.5. The minimum Gasteiger partial charge on any atom is -0.497 e. The van der Waals surface area contributed by atoms with Crippen molar-refractivity contribution >= 4 is 17.1 Å². The molecule has 8 nitrogen and oxygen atoms in total. The molecule has 2 aromatic carbocycles. The predicted molar refractivity (Wildman–Crippen MR) is 119 cm³/mol. The molecule has 3 N–H and O–H groups in total. The predicted octanol–water partition coefficient (Wildman–Crippen LogP) is 3.18. The van der Waals surface area contributed by atoms with Gasteiger partial charge >= 0.3 is 5.69 Å². The van der Waals surface area contributed by atoms with E-state index in [1.165, 1.54) is 4.57 Å². The van der Waals surface area contributed by atoms with Gasteiger partial charge in [0.2, 0.25) is 0 Å². The van der Waals surface area contributed by atoms with Gasteiger partial charge in [-0.3, -0.25) is 4.79 Å². The van der Waals surface area contributed by atoms with E-state index in [1.54, 1.807) is 31.4 Å². The van der Waals surface area contributed by atoms with Crippen molar-refractivity contribution in [2.75, 3.05) is 7.11 Å². The lowest BCUT2D eigenvalue weighted by atomic mass is 9.87. The molecule has 0 spiro atoms. The summed E-state index contributed by atoms with van der Waals surface area (Å²) in [6.07, 6.45) is 0. The van der Waals surface area contributed by atoms with E-state index in [4.69, 9.17) is 10.5 Å². The molecule has 0 aliphatic heterocycles. The average molecular weight is 417 g/mol. The second-order valence-corrected chi connectivity index (χ2v) is 8.25. The number of aromatic nitrogens is 4. The van der Waals surface area contributed by atoms with E-state index in [9.17, 15) is 9.59 Å². The Morgan fingerprint density at radius 2 is 1.81 bits per heavy atom. The Morgan fingerprint density at radius 1 is 1.10 bits per heavy atom. The molecule has 4 rings (SSSR count). The molecule has 0 unspecified atom stereocenters. The van der Waals surface area contributed by atoms with Crippen molar-refractivity contribution in [2.24, 2.45) is 5.73 Å². The lowest BCUT2D eigenvalue weighted by Gasteiger charge is -2.19. The summed E-state index contributed by atoms with van der Waals surface area (Å²) in [5, 5.41) is 0. The summed E-state index contributed by atoms with van der Waals surface area (Å²) >= 11 is 0. The Balaban J connectivity index is 1.97. The van der Waals surface area contributed by atoms with Crippen molar-refractivity contribution in [3.05, 3.63) is 70.3 Å². The number of carbonyl (C=O) groups is 1. The highest BCUT2D eigenvalue weighted by molar-refractivity contribution is 6.02. The van der Waals surface area contributed by atoms with Crippen LogP contribution in [0.25, 0.3) is 28.2 Å². The molecule has 4 aromatic rings. The summed E-state index contributed by atoms with van der Waals surface area (Å²) in [5.74, 6) is 0.123. The zero-order chi connectivity index (χ0) is 22.3. The maximum absolute atomic E-state index is 12.8. The summed E-state index contributed by atoms with van der Waals surface area (Å²) in [7, 11) is 1.56. The van der Waals surface area contributed by atoms with E-state index < -0.39 is 11.6 Å². The molecule has 0 aliphatic carbocycles. The number of methoxy groups -OCH3 is 1. The third kappa shape index (κ3) is 3.68. The molecule has 0 aliphatic rings. The van der Waals surface area contributed by atoms with Gasteiger partial charge in [0.1, 0.15) is 11.3 Å². The lowest BCUT2D eigenvalue weighted by Crippen LogP contribution is -2.16. The van der Waals surface area contributed by atoms with Gasteiger partial charge in [-0.2, -0.15) is 0 Å². The van der Waals surface area contributed by atoms with Crippen LogP contribution in [0.3, 0.4) is 0 Å². The molecule has 2 aromatic heterocycles. The number of aromatic amines is 1. The van der Waals surface area contributed by atoms with Gasteiger partial charge in [-0.15, -0.1) is 0 Å². The van der Waals surface area contributed by atoms with Crippen LogP contribution in [0.15, 0.2) is 53.3 Å². The first-order valence-electron chi connectivity index (χ1n) is 9.77. The van der Waals surface area contributed by atoms with Crippen LogP contribution in [0.5, 0.6) is 5.75 Å². The number of rotatable bonds is 4. The number of H-pyrrole nitrogens is 1.